The van der Waals surface area contributed by atoms with Gasteiger partial charge in [0.05, 0.1) is 6.10 Å². The second-order valence-electron chi connectivity index (χ2n) is 5.75. The summed E-state index contributed by atoms with van der Waals surface area (Å²) in [5.41, 5.74) is 7.37. The van der Waals surface area contributed by atoms with Gasteiger partial charge in [-0.3, -0.25) is 0 Å². The van der Waals surface area contributed by atoms with Gasteiger partial charge in [-0.25, -0.2) is 0 Å². The number of aliphatic hydroxyl groups excluding tert-OH is 1. The van der Waals surface area contributed by atoms with Crippen LogP contribution in [0.3, 0.4) is 0 Å². The van der Waals surface area contributed by atoms with Gasteiger partial charge in [0, 0.05) is 16.3 Å². The maximum Gasteiger partial charge on any atom is 0.0838 e. The number of anilines is 1. The standard InChI is InChI=1S/C15H22ClNO/c1-9-3-4-11(7-10(9)2)15(18)13-6-5-12(16)8-14(13)17/h5-6,8-11,15,18H,3-4,7,17H2,1-2H3. The summed E-state index contributed by atoms with van der Waals surface area (Å²) in [6.07, 6.45) is 2.88. The van der Waals surface area contributed by atoms with E-state index in [1.807, 2.05) is 6.07 Å². The number of hydrogen-bond acceptors (Lipinski definition) is 2. The summed E-state index contributed by atoms with van der Waals surface area (Å²) in [5, 5.41) is 11.1. The van der Waals surface area contributed by atoms with Gasteiger partial charge in [-0.1, -0.05) is 37.9 Å². The lowest BCUT2D eigenvalue weighted by Gasteiger charge is -2.35. The van der Waals surface area contributed by atoms with E-state index in [1.165, 1.54) is 6.42 Å². The Hall–Kier alpha value is -0.730. The number of halogens is 1. The molecule has 1 aliphatic rings. The van der Waals surface area contributed by atoms with E-state index in [2.05, 4.69) is 13.8 Å². The molecule has 0 radical (unpaired) electrons. The molecule has 0 saturated heterocycles. The topological polar surface area (TPSA) is 46.2 Å². The summed E-state index contributed by atoms with van der Waals surface area (Å²) in [4.78, 5) is 0. The molecule has 2 nitrogen and oxygen atoms in total. The number of rotatable bonds is 2. The SMILES string of the molecule is CC1CCC(C(O)c2ccc(Cl)cc2N)CC1C. The number of nitrogen functional groups attached to an aromatic ring is 1. The molecule has 4 atom stereocenters. The summed E-state index contributed by atoms with van der Waals surface area (Å²) >= 11 is 5.89. The van der Waals surface area contributed by atoms with Gasteiger partial charge in [0.15, 0.2) is 0 Å². The highest BCUT2D eigenvalue weighted by Gasteiger charge is 2.30. The minimum Gasteiger partial charge on any atom is -0.398 e. The van der Waals surface area contributed by atoms with Crippen molar-refractivity contribution in [3.8, 4) is 0 Å². The molecule has 3 heteroatoms. The van der Waals surface area contributed by atoms with Gasteiger partial charge in [-0.15, -0.1) is 0 Å². The summed E-state index contributed by atoms with van der Waals surface area (Å²) in [5.74, 6) is 1.75. The predicted molar refractivity (Wildman–Crippen MR) is 76.5 cm³/mol. The van der Waals surface area contributed by atoms with E-state index in [9.17, 15) is 5.11 Å². The van der Waals surface area contributed by atoms with Crippen molar-refractivity contribution in [3.05, 3.63) is 28.8 Å². The summed E-state index contributed by atoms with van der Waals surface area (Å²) in [6, 6.07) is 5.37. The van der Waals surface area contributed by atoms with Gasteiger partial charge >= 0.3 is 0 Å². The summed E-state index contributed by atoms with van der Waals surface area (Å²) in [7, 11) is 0. The molecule has 0 spiro atoms. The molecule has 1 saturated carbocycles. The fourth-order valence-electron chi connectivity index (χ4n) is 2.94. The van der Waals surface area contributed by atoms with Crippen molar-refractivity contribution in [2.24, 2.45) is 17.8 Å². The van der Waals surface area contributed by atoms with Crippen molar-refractivity contribution in [3.63, 3.8) is 0 Å². The number of aliphatic hydroxyl groups is 1. The molecular weight excluding hydrogens is 246 g/mol. The fraction of sp³-hybridized carbons (Fsp3) is 0.600. The molecule has 1 aromatic carbocycles. The predicted octanol–water partition coefficient (Wildman–Crippen LogP) is 4.03. The van der Waals surface area contributed by atoms with Crippen molar-refractivity contribution in [1.29, 1.82) is 0 Å². The van der Waals surface area contributed by atoms with Gasteiger partial charge < -0.3 is 10.8 Å². The first kappa shape index (κ1) is 13.7. The average molecular weight is 268 g/mol. The van der Waals surface area contributed by atoms with Crippen LogP contribution < -0.4 is 5.73 Å². The Kier molecular flexibility index (Phi) is 4.18. The lowest BCUT2D eigenvalue weighted by atomic mass is 9.73. The average Bonchev–Trinajstić information content (AvgIpc) is 2.32. The first-order chi connectivity index (χ1) is 8.49. The highest BCUT2D eigenvalue weighted by Crippen LogP contribution is 2.41. The maximum absolute atomic E-state index is 10.5. The van der Waals surface area contributed by atoms with Gasteiger partial charge in [-0.2, -0.15) is 0 Å². The van der Waals surface area contributed by atoms with Crippen molar-refractivity contribution < 1.29 is 5.11 Å². The van der Waals surface area contributed by atoms with E-state index in [0.29, 0.717) is 22.5 Å². The molecule has 1 aromatic rings. The third-order valence-electron chi connectivity index (χ3n) is 4.45. The second kappa shape index (κ2) is 5.50. The van der Waals surface area contributed by atoms with E-state index in [0.717, 1.165) is 24.3 Å². The molecule has 0 aromatic heterocycles. The Balaban J connectivity index is 2.13. The maximum atomic E-state index is 10.5. The molecule has 0 bridgehead atoms. The van der Waals surface area contributed by atoms with Crippen LogP contribution in [0.2, 0.25) is 5.02 Å². The molecule has 100 valence electrons. The first-order valence-electron chi connectivity index (χ1n) is 6.72. The van der Waals surface area contributed by atoms with Crippen LogP contribution in [0.1, 0.15) is 44.8 Å². The Bertz CT molecular complexity index is 421. The molecule has 0 heterocycles. The molecule has 2 rings (SSSR count). The van der Waals surface area contributed by atoms with Gasteiger partial charge in [0.1, 0.15) is 0 Å². The van der Waals surface area contributed by atoms with Crippen LogP contribution in [0, 0.1) is 17.8 Å². The zero-order valence-corrected chi connectivity index (χ0v) is 11.8. The quantitative estimate of drug-likeness (QED) is 0.795. The zero-order valence-electron chi connectivity index (χ0n) is 11.1. The Morgan fingerprint density at radius 3 is 2.61 bits per heavy atom. The molecule has 18 heavy (non-hydrogen) atoms. The number of benzene rings is 1. The minimum atomic E-state index is -0.461. The molecule has 0 amide bonds. The lowest BCUT2D eigenvalue weighted by molar-refractivity contribution is 0.0566. The highest BCUT2D eigenvalue weighted by molar-refractivity contribution is 6.30. The van der Waals surface area contributed by atoms with Crippen LogP contribution >= 0.6 is 11.6 Å². The Morgan fingerprint density at radius 1 is 1.28 bits per heavy atom. The minimum absolute atomic E-state index is 0.319. The normalized spacial score (nSPS) is 30.1. The van der Waals surface area contributed by atoms with E-state index < -0.39 is 6.10 Å². The third kappa shape index (κ3) is 2.81. The van der Waals surface area contributed by atoms with E-state index in [4.69, 9.17) is 17.3 Å². The molecule has 4 unspecified atom stereocenters. The lowest BCUT2D eigenvalue weighted by Crippen LogP contribution is -2.25. The molecule has 1 aliphatic carbocycles. The second-order valence-corrected chi connectivity index (χ2v) is 6.18. The van der Waals surface area contributed by atoms with Crippen molar-refractivity contribution in [2.75, 3.05) is 5.73 Å². The van der Waals surface area contributed by atoms with Crippen LogP contribution in [-0.2, 0) is 0 Å². The first-order valence-corrected chi connectivity index (χ1v) is 7.09. The fourth-order valence-corrected chi connectivity index (χ4v) is 3.13. The molecule has 0 aliphatic heterocycles. The van der Waals surface area contributed by atoms with Crippen LogP contribution in [0.5, 0.6) is 0 Å². The third-order valence-corrected chi connectivity index (χ3v) is 4.69. The monoisotopic (exact) mass is 267 g/mol. The van der Waals surface area contributed by atoms with Crippen molar-refractivity contribution in [1.82, 2.24) is 0 Å². The van der Waals surface area contributed by atoms with E-state index >= 15 is 0 Å². The molecule has 3 N–H and O–H groups in total. The number of nitrogens with two attached hydrogens (primary N) is 1. The van der Waals surface area contributed by atoms with Crippen molar-refractivity contribution >= 4 is 17.3 Å². The van der Waals surface area contributed by atoms with Crippen LogP contribution in [0.4, 0.5) is 5.69 Å². The Morgan fingerprint density at radius 2 is 2.00 bits per heavy atom. The van der Waals surface area contributed by atoms with E-state index in [1.54, 1.807) is 12.1 Å². The summed E-state index contributed by atoms with van der Waals surface area (Å²) in [6.45, 7) is 4.57. The van der Waals surface area contributed by atoms with Crippen molar-refractivity contribution in [2.45, 2.75) is 39.2 Å². The Labute approximate surface area is 114 Å². The highest BCUT2D eigenvalue weighted by atomic mass is 35.5. The molecule has 1 fully saturated rings. The van der Waals surface area contributed by atoms with Gasteiger partial charge in [0.2, 0.25) is 0 Å². The van der Waals surface area contributed by atoms with Gasteiger partial charge in [0.25, 0.3) is 0 Å². The molecular formula is C15H22ClNO. The van der Waals surface area contributed by atoms with Crippen LogP contribution in [-0.4, -0.2) is 5.11 Å². The smallest absolute Gasteiger partial charge is 0.0838 e. The van der Waals surface area contributed by atoms with Gasteiger partial charge in [-0.05, 0) is 42.7 Å². The van der Waals surface area contributed by atoms with E-state index in [-0.39, 0.29) is 0 Å². The largest absolute Gasteiger partial charge is 0.398 e. The van der Waals surface area contributed by atoms with Crippen LogP contribution in [0.15, 0.2) is 18.2 Å². The zero-order chi connectivity index (χ0) is 13.3. The van der Waals surface area contributed by atoms with Crippen LogP contribution in [0.25, 0.3) is 0 Å². The summed E-state index contributed by atoms with van der Waals surface area (Å²) < 4.78 is 0. The number of hydrogen-bond donors (Lipinski definition) is 2.